The van der Waals surface area contributed by atoms with Gasteiger partial charge in [-0.25, -0.2) is 12.8 Å². The number of para-hydroxylation sites is 1. The van der Waals surface area contributed by atoms with Gasteiger partial charge in [-0.15, -0.1) is 0 Å². The van der Waals surface area contributed by atoms with Gasteiger partial charge in [-0.2, -0.15) is 0 Å². The molecule has 0 heterocycles. The molecule has 1 fully saturated rings. The summed E-state index contributed by atoms with van der Waals surface area (Å²) in [6.07, 6.45) is 4.03. The van der Waals surface area contributed by atoms with Crippen LogP contribution >= 0.6 is 23.2 Å². The van der Waals surface area contributed by atoms with Crippen LogP contribution in [-0.2, 0) is 26.2 Å². The fourth-order valence-electron chi connectivity index (χ4n) is 5.13. The van der Waals surface area contributed by atoms with Crippen LogP contribution in [0.15, 0.2) is 71.6 Å². The smallest absolute Gasteiger partial charge is 0.264 e. The Morgan fingerprint density at radius 2 is 1.67 bits per heavy atom. The van der Waals surface area contributed by atoms with Gasteiger partial charge in [0.1, 0.15) is 18.4 Å². The molecule has 1 aliphatic rings. The molecule has 1 unspecified atom stereocenters. The molecule has 0 radical (unpaired) electrons. The SMILES string of the molecule is CCC(C(=O)NC1CCCC1)N(Cc1ccc(Cl)c(Cl)c1)C(=O)CN(c1ccccc1F)S(=O)(=O)c1ccc(C)cc1. The number of rotatable bonds is 11. The number of carbonyl (C=O) groups excluding carboxylic acids is 2. The first-order valence-electron chi connectivity index (χ1n) is 13.9. The highest BCUT2D eigenvalue weighted by atomic mass is 35.5. The molecule has 0 spiro atoms. The third kappa shape index (κ3) is 7.43. The Labute approximate surface area is 256 Å². The van der Waals surface area contributed by atoms with E-state index < -0.39 is 34.3 Å². The molecule has 3 aromatic rings. The molecule has 2 amide bonds. The van der Waals surface area contributed by atoms with Gasteiger partial charge in [0, 0.05) is 12.6 Å². The molecule has 0 saturated heterocycles. The summed E-state index contributed by atoms with van der Waals surface area (Å²) < 4.78 is 43.6. The van der Waals surface area contributed by atoms with Crippen LogP contribution in [0.1, 0.15) is 50.2 Å². The van der Waals surface area contributed by atoms with E-state index >= 15 is 4.39 Å². The second kappa shape index (κ2) is 13.9. The lowest BCUT2D eigenvalue weighted by molar-refractivity contribution is -0.140. The number of halogens is 3. The summed E-state index contributed by atoms with van der Waals surface area (Å²) in [4.78, 5) is 28.9. The van der Waals surface area contributed by atoms with Gasteiger partial charge in [0.05, 0.1) is 20.6 Å². The van der Waals surface area contributed by atoms with Gasteiger partial charge in [0.15, 0.2) is 0 Å². The predicted molar refractivity (Wildman–Crippen MR) is 164 cm³/mol. The maximum absolute atomic E-state index is 15.1. The van der Waals surface area contributed by atoms with Gasteiger partial charge in [-0.05, 0) is 68.1 Å². The summed E-state index contributed by atoms with van der Waals surface area (Å²) in [5.74, 6) is -1.80. The summed E-state index contributed by atoms with van der Waals surface area (Å²) in [7, 11) is -4.37. The number of sulfonamides is 1. The number of benzene rings is 3. The zero-order valence-corrected chi connectivity index (χ0v) is 25.9. The van der Waals surface area contributed by atoms with E-state index in [1.165, 1.54) is 35.2 Å². The topological polar surface area (TPSA) is 86.8 Å². The highest BCUT2D eigenvalue weighted by molar-refractivity contribution is 7.92. The lowest BCUT2D eigenvalue weighted by Crippen LogP contribution is -2.53. The fraction of sp³-hybridized carbons (Fsp3) is 0.355. The first kappa shape index (κ1) is 31.8. The molecule has 0 aromatic heterocycles. The number of nitrogens with one attached hydrogen (secondary N) is 1. The molecule has 7 nitrogen and oxygen atoms in total. The van der Waals surface area contributed by atoms with Gasteiger partial charge in [0.25, 0.3) is 10.0 Å². The van der Waals surface area contributed by atoms with Crippen LogP contribution in [0.2, 0.25) is 10.0 Å². The van der Waals surface area contributed by atoms with Crippen molar-refractivity contribution in [2.24, 2.45) is 0 Å². The van der Waals surface area contributed by atoms with Gasteiger partial charge in [0.2, 0.25) is 11.8 Å². The van der Waals surface area contributed by atoms with E-state index in [4.69, 9.17) is 23.2 Å². The van der Waals surface area contributed by atoms with E-state index in [1.807, 2.05) is 6.92 Å². The van der Waals surface area contributed by atoms with Crippen LogP contribution in [0, 0.1) is 12.7 Å². The summed E-state index contributed by atoms with van der Waals surface area (Å²) in [6.45, 7) is 2.83. The fourth-order valence-corrected chi connectivity index (χ4v) is 6.87. The van der Waals surface area contributed by atoms with Crippen molar-refractivity contribution in [1.29, 1.82) is 0 Å². The van der Waals surface area contributed by atoms with Crippen LogP contribution in [0.4, 0.5) is 10.1 Å². The molecule has 224 valence electrons. The van der Waals surface area contributed by atoms with Crippen molar-refractivity contribution >= 4 is 50.7 Å². The first-order chi connectivity index (χ1) is 20.0. The molecule has 3 aromatic carbocycles. The maximum Gasteiger partial charge on any atom is 0.264 e. The minimum Gasteiger partial charge on any atom is -0.352 e. The molecule has 1 atom stereocenters. The van der Waals surface area contributed by atoms with Gasteiger partial charge >= 0.3 is 0 Å². The zero-order valence-electron chi connectivity index (χ0n) is 23.5. The Hall–Kier alpha value is -3.14. The standard InChI is InChI=1S/C31H34Cl2FN3O4S/c1-3-28(31(39)35-23-8-4-5-9-23)36(19-22-14-17-25(32)26(33)18-22)30(38)20-37(29-11-7-6-10-27(29)34)42(40,41)24-15-12-21(2)13-16-24/h6-7,10-18,23,28H,3-5,8-9,19-20H2,1-2H3,(H,35,39). The van der Waals surface area contributed by atoms with E-state index in [9.17, 15) is 18.0 Å². The molecule has 4 rings (SSSR count). The molecule has 0 bridgehead atoms. The van der Waals surface area contributed by atoms with E-state index in [2.05, 4.69) is 5.32 Å². The Bertz CT molecular complexity index is 1530. The summed E-state index contributed by atoms with van der Waals surface area (Å²) in [5.41, 5.74) is 1.17. The second-order valence-electron chi connectivity index (χ2n) is 10.5. The molecule has 0 aliphatic heterocycles. The zero-order chi connectivity index (χ0) is 30.4. The first-order valence-corrected chi connectivity index (χ1v) is 16.1. The van der Waals surface area contributed by atoms with E-state index in [0.717, 1.165) is 41.6 Å². The Morgan fingerprint density at radius 3 is 2.29 bits per heavy atom. The molecule has 1 saturated carbocycles. The number of aryl methyl sites for hydroxylation is 1. The lowest BCUT2D eigenvalue weighted by atomic mass is 10.1. The van der Waals surface area contributed by atoms with Crippen LogP contribution in [0.5, 0.6) is 0 Å². The third-order valence-corrected chi connectivity index (χ3v) is 9.95. The molecular weight excluding hydrogens is 600 g/mol. The highest BCUT2D eigenvalue weighted by Gasteiger charge is 2.35. The quantitative estimate of drug-likeness (QED) is 0.261. The van der Waals surface area contributed by atoms with Crippen LogP contribution in [0.3, 0.4) is 0 Å². The monoisotopic (exact) mass is 633 g/mol. The van der Waals surface area contributed by atoms with Crippen molar-refractivity contribution in [2.45, 2.75) is 69.5 Å². The summed E-state index contributed by atoms with van der Waals surface area (Å²) >= 11 is 12.3. The summed E-state index contributed by atoms with van der Waals surface area (Å²) in [5, 5.41) is 3.67. The Kier molecular flexibility index (Phi) is 10.5. The number of hydrogen-bond donors (Lipinski definition) is 1. The van der Waals surface area contributed by atoms with Crippen LogP contribution in [-0.4, -0.2) is 43.8 Å². The van der Waals surface area contributed by atoms with Crippen molar-refractivity contribution in [1.82, 2.24) is 10.2 Å². The van der Waals surface area contributed by atoms with Crippen LogP contribution in [0.25, 0.3) is 0 Å². The maximum atomic E-state index is 15.1. The number of anilines is 1. The van der Waals surface area contributed by atoms with Crippen molar-refractivity contribution in [3.05, 3.63) is 93.7 Å². The number of nitrogens with zero attached hydrogens (tertiary/aromatic N) is 2. The van der Waals surface area contributed by atoms with Gasteiger partial charge < -0.3 is 10.2 Å². The van der Waals surface area contributed by atoms with Gasteiger partial charge in [-0.1, -0.05) is 78.9 Å². The van der Waals surface area contributed by atoms with Crippen molar-refractivity contribution in [3.63, 3.8) is 0 Å². The molecule has 1 aliphatic carbocycles. The van der Waals surface area contributed by atoms with Crippen LogP contribution < -0.4 is 9.62 Å². The minimum atomic E-state index is -4.37. The minimum absolute atomic E-state index is 0.0188. The average Bonchev–Trinajstić information content (AvgIpc) is 3.47. The lowest BCUT2D eigenvalue weighted by Gasteiger charge is -2.34. The number of amides is 2. The average molecular weight is 635 g/mol. The summed E-state index contributed by atoms with van der Waals surface area (Å²) in [6, 6.07) is 15.5. The van der Waals surface area contributed by atoms with Crippen molar-refractivity contribution in [2.75, 3.05) is 10.8 Å². The van der Waals surface area contributed by atoms with E-state index in [1.54, 1.807) is 37.3 Å². The van der Waals surface area contributed by atoms with E-state index in [-0.39, 0.29) is 40.5 Å². The highest BCUT2D eigenvalue weighted by Crippen LogP contribution is 2.28. The predicted octanol–water partition coefficient (Wildman–Crippen LogP) is 6.50. The Morgan fingerprint density at radius 1 is 1.00 bits per heavy atom. The normalized spacial score (nSPS) is 14.4. The van der Waals surface area contributed by atoms with Crippen molar-refractivity contribution < 1.29 is 22.4 Å². The number of hydrogen-bond acceptors (Lipinski definition) is 4. The molecule has 1 N–H and O–H groups in total. The number of carbonyl (C=O) groups is 2. The Balaban J connectivity index is 1.73. The van der Waals surface area contributed by atoms with Crippen molar-refractivity contribution in [3.8, 4) is 0 Å². The molecule has 11 heteroatoms. The third-order valence-electron chi connectivity index (χ3n) is 7.43. The molecule has 42 heavy (non-hydrogen) atoms. The second-order valence-corrected chi connectivity index (χ2v) is 13.1. The largest absolute Gasteiger partial charge is 0.352 e. The molecular formula is C31H34Cl2FN3O4S. The van der Waals surface area contributed by atoms with E-state index in [0.29, 0.717) is 10.6 Å². The van der Waals surface area contributed by atoms with Gasteiger partial charge in [-0.3, -0.25) is 13.9 Å².